The number of ether oxygens (including phenoxy) is 6. The number of carboxylic acid groups (broad SMARTS) is 1. The van der Waals surface area contributed by atoms with E-state index in [1.165, 1.54) is 0 Å². The summed E-state index contributed by atoms with van der Waals surface area (Å²) in [5.74, 6) is -0.627. The fourth-order valence-corrected chi connectivity index (χ4v) is 6.34. The van der Waals surface area contributed by atoms with E-state index in [0.29, 0.717) is 6.42 Å². The molecule has 43 heavy (non-hydrogen) atoms. The van der Waals surface area contributed by atoms with Gasteiger partial charge in [-0.1, -0.05) is 55.7 Å². The standard InChI is InChI=1S/C35H42O8/c1-38-29-15-9-25(10-16-29)22-41-35(42-23-26-11-17-30(39-2)18-12-26,43-24-27-13-19-31(40-3)20-14-27)32-21-34(32,33(36)37)28-7-5-4-6-8-28/h9-20,28,32H,4-8,21-24H2,1-3H3,(H,36,37). The summed E-state index contributed by atoms with van der Waals surface area (Å²) in [6.07, 6.45) is 5.40. The molecule has 2 unspecified atom stereocenters. The molecular formula is C35H42O8. The van der Waals surface area contributed by atoms with Crippen molar-refractivity contribution in [3.8, 4) is 17.2 Å². The normalized spacial score (nSPS) is 20.4. The average Bonchev–Trinajstić information content (AvgIpc) is 3.84. The topological polar surface area (TPSA) is 92.7 Å². The van der Waals surface area contributed by atoms with Gasteiger partial charge < -0.3 is 33.5 Å². The second-order valence-electron chi connectivity index (χ2n) is 11.5. The minimum absolute atomic E-state index is 0.0434. The second kappa shape index (κ2) is 13.8. The Morgan fingerprint density at radius 2 is 1.05 bits per heavy atom. The Labute approximate surface area is 253 Å². The zero-order valence-corrected chi connectivity index (χ0v) is 25.3. The highest BCUT2D eigenvalue weighted by Crippen LogP contribution is 2.66. The predicted molar refractivity (Wildman–Crippen MR) is 161 cm³/mol. The molecule has 2 aliphatic rings. The number of methoxy groups -OCH3 is 3. The number of carboxylic acids is 1. The Balaban J connectivity index is 1.48. The minimum Gasteiger partial charge on any atom is -0.497 e. The van der Waals surface area contributed by atoms with Gasteiger partial charge in [0.1, 0.15) is 17.2 Å². The van der Waals surface area contributed by atoms with Gasteiger partial charge in [0.2, 0.25) is 0 Å². The summed E-state index contributed by atoms with van der Waals surface area (Å²) in [7, 11) is 4.88. The van der Waals surface area contributed by atoms with E-state index >= 15 is 0 Å². The lowest BCUT2D eigenvalue weighted by Gasteiger charge is -2.37. The second-order valence-corrected chi connectivity index (χ2v) is 11.5. The van der Waals surface area contributed by atoms with E-state index in [2.05, 4.69) is 0 Å². The molecule has 0 radical (unpaired) electrons. The van der Waals surface area contributed by atoms with Crippen LogP contribution >= 0.6 is 0 Å². The summed E-state index contributed by atoms with van der Waals surface area (Å²) in [4.78, 5) is 13.1. The quantitative estimate of drug-likeness (QED) is 0.189. The first kappa shape index (κ1) is 30.9. The van der Waals surface area contributed by atoms with Crippen molar-refractivity contribution in [1.82, 2.24) is 0 Å². The van der Waals surface area contributed by atoms with Crippen LogP contribution < -0.4 is 14.2 Å². The lowest BCUT2D eigenvalue weighted by molar-refractivity contribution is -0.409. The summed E-state index contributed by atoms with van der Waals surface area (Å²) >= 11 is 0. The first-order valence-electron chi connectivity index (χ1n) is 15.0. The number of aliphatic carboxylic acids is 1. The van der Waals surface area contributed by atoms with E-state index in [9.17, 15) is 9.90 Å². The van der Waals surface area contributed by atoms with Gasteiger partial charge in [0.15, 0.2) is 0 Å². The smallest absolute Gasteiger partial charge is 0.310 e. The number of rotatable bonds is 15. The Bertz CT molecular complexity index is 1190. The third-order valence-corrected chi connectivity index (χ3v) is 8.96. The number of hydrogen-bond acceptors (Lipinski definition) is 7. The van der Waals surface area contributed by atoms with Crippen LogP contribution in [0.3, 0.4) is 0 Å². The molecule has 3 aromatic carbocycles. The van der Waals surface area contributed by atoms with Crippen LogP contribution in [0.5, 0.6) is 17.2 Å². The molecule has 0 aliphatic heterocycles. The number of carbonyl (C=O) groups is 1. The molecule has 0 saturated heterocycles. The van der Waals surface area contributed by atoms with Crippen molar-refractivity contribution in [3.63, 3.8) is 0 Å². The van der Waals surface area contributed by atoms with Crippen LogP contribution in [0, 0.1) is 17.3 Å². The highest BCUT2D eigenvalue weighted by atomic mass is 16.9. The minimum atomic E-state index is -1.60. The lowest BCUT2D eigenvalue weighted by atomic mass is 9.76. The van der Waals surface area contributed by atoms with Gasteiger partial charge >= 0.3 is 5.97 Å². The van der Waals surface area contributed by atoms with Crippen LogP contribution in [0.2, 0.25) is 0 Å². The van der Waals surface area contributed by atoms with Crippen molar-refractivity contribution in [2.24, 2.45) is 17.3 Å². The third-order valence-electron chi connectivity index (χ3n) is 8.96. The molecule has 8 heteroatoms. The van der Waals surface area contributed by atoms with Crippen LogP contribution in [0.25, 0.3) is 0 Å². The van der Waals surface area contributed by atoms with Crippen molar-refractivity contribution in [1.29, 1.82) is 0 Å². The SMILES string of the molecule is COc1ccc(COC(OCc2ccc(OC)cc2)(OCc2ccc(OC)cc2)C2CC2(C(=O)O)C2CCCCC2)cc1. The van der Waals surface area contributed by atoms with Crippen LogP contribution in [-0.2, 0) is 38.8 Å². The van der Waals surface area contributed by atoms with Crippen LogP contribution in [0.4, 0.5) is 0 Å². The molecule has 1 N–H and O–H groups in total. The van der Waals surface area contributed by atoms with Gasteiger partial charge in [-0.05, 0) is 78.3 Å². The van der Waals surface area contributed by atoms with Gasteiger partial charge in [-0.15, -0.1) is 0 Å². The van der Waals surface area contributed by atoms with Gasteiger partial charge in [0, 0.05) is 0 Å². The third kappa shape index (κ3) is 6.98. The lowest BCUT2D eigenvalue weighted by Crippen LogP contribution is -2.46. The van der Waals surface area contributed by atoms with E-state index < -0.39 is 23.3 Å². The maximum Gasteiger partial charge on any atom is 0.310 e. The monoisotopic (exact) mass is 590 g/mol. The summed E-state index contributed by atoms with van der Waals surface area (Å²) in [6.45, 7) is 0.518. The molecule has 2 fully saturated rings. The van der Waals surface area contributed by atoms with Crippen LogP contribution in [0.1, 0.15) is 55.2 Å². The van der Waals surface area contributed by atoms with Gasteiger partial charge in [-0.25, -0.2) is 0 Å². The Morgan fingerprint density at radius 1 is 0.674 bits per heavy atom. The predicted octanol–water partition coefficient (Wildman–Crippen LogP) is 6.99. The first-order chi connectivity index (χ1) is 20.9. The maximum absolute atomic E-state index is 13.1. The Kier molecular flexibility index (Phi) is 9.90. The fraction of sp³-hybridized carbons (Fsp3) is 0.457. The molecule has 0 bridgehead atoms. The van der Waals surface area contributed by atoms with Crippen molar-refractivity contribution in [3.05, 3.63) is 89.5 Å². The van der Waals surface area contributed by atoms with Crippen molar-refractivity contribution in [2.75, 3.05) is 21.3 Å². The van der Waals surface area contributed by atoms with Crippen molar-refractivity contribution in [2.45, 2.75) is 64.3 Å². The van der Waals surface area contributed by atoms with E-state index in [1.807, 2.05) is 72.8 Å². The van der Waals surface area contributed by atoms with Crippen LogP contribution in [-0.4, -0.2) is 38.4 Å². The summed E-state index contributed by atoms with van der Waals surface area (Å²) in [6, 6.07) is 22.8. The van der Waals surface area contributed by atoms with Crippen LogP contribution in [0.15, 0.2) is 72.8 Å². The Morgan fingerprint density at radius 3 is 1.37 bits per heavy atom. The fourth-order valence-electron chi connectivity index (χ4n) is 6.34. The van der Waals surface area contributed by atoms with Crippen molar-refractivity contribution < 1.29 is 38.3 Å². The molecule has 2 aliphatic carbocycles. The summed E-state index contributed by atoms with van der Waals surface area (Å²) < 4.78 is 35.9. The summed E-state index contributed by atoms with van der Waals surface area (Å²) in [5.41, 5.74) is 1.71. The first-order valence-corrected chi connectivity index (χ1v) is 15.0. The van der Waals surface area contributed by atoms with Gasteiger partial charge in [-0.3, -0.25) is 4.79 Å². The van der Waals surface area contributed by atoms with Gasteiger partial charge in [-0.2, -0.15) is 0 Å². The molecule has 0 aromatic heterocycles. The molecule has 8 nitrogen and oxygen atoms in total. The van der Waals surface area contributed by atoms with E-state index in [1.54, 1.807) is 21.3 Å². The maximum atomic E-state index is 13.1. The van der Waals surface area contributed by atoms with E-state index in [4.69, 9.17) is 28.4 Å². The van der Waals surface area contributed by atoms with Crippen molar-refractivity contribution >= 4 is 5.97 Å². The molecule has 0 spiro atoms. The number of benzene rings is 3. The highest BCUT2D eigenvalue weighted by Gasteiger charge is 2.73. The van der Waals surface area contributed by atoms with E-state index in [-0.39, 0.29) is 25.7 Å². The van der Waals surface area contributed by atoms with Gasteiger partial charge in [0.25, 0.3) is 5.97 Å². The molecule has 2 saturated carbocycles. The average molecular weight is 591 g/mol. The molecule has 5 rings (SSSR count). The summed E-state index contributed by atoms with van der Waals surface area (Å²) in [5, 5.41) is 10.7. The number of hydrogen-bond donors (Lipinski definition) is 1. The Hall–Kier alpha value is -3.59. The zero-order chi connectivity index (χ0) is 30.3. The molecule has 0 amide bonds. The molecular weight excluding hydrogens is 548 g/mol. The molecule has 3 aromatic rings. The zero-order valence-electron chi connectivity index (χ0n) is 25.3. The van der Waals surface area contributed by atoms with Gasteiger partial charge in [0.05, 0.1) is 52.5 Å². The highest BCUT2D eigenvalue weighted by molar-refractivity contribution is 5.79. The molecule has 230 valence electrons. The largest absolute Gasteiger partial charge is 0.497 e. The van der Waals surface area contributed by atoms with E-state index in [0.717, 1.165) is 66.0 Å². The molecule has 0 heterocycles. The molecule has 2 atom stereocenters.